The SMILES string of the molecule is COC(=O)C(C)CN(C)C(=O)C(C)NC(=O)c1ccccc1. The molecule has 0 fully saturated rings. The molecule has 2 unspecified atom stereocenters. The highest BCUT2D eigenvalue weighted by atomic mass is 16.5. The van der Waals surface area contributed by atoms with E-state index in [1.54, 1.807) is 45.2 Å². The highest BCUT2D eigenvalue weighted by Gasteiger charge is 2.23. The Kier molecular flexibility index (Phi) is 6.56. The number of hydrogen-bond donors (Lipinski definition) is 1. The minimum Gasteiger partial charge on any atom is -0.469 e. The summed E-state index contributed by atoms with van der Waals surface area (Å²) in [5.41, 5.74) is 0.493. The van der Waals surface area contributed by atoms with Crippen LogP contribution in [0.5, 0.6) is 0 Å². The number of methoxy groups -OCH3 is 1. The Hall–Kier alpha value is -2.37. The Morgan fingerprint density at radius 2 is 1.77 bits per heavy atom. The third-order valence-electron chi connectivity index (χ3n) is 3.28. The average molecular weight is 306 g/mol. The van der Waals surface area contributed by atoms with Crippen molar-refractivity contribution < 1.29 is 19.1 Å². The maximum absolute atomic E-state index is 12.2. The zero-order valence-electron chi connectivity index (χ0n) is 13.3. The van der Waals surface area contributed by atoms with Crippen molar-refractivity contribution in [2.75, 3.05) is 20.7 Å². The van der Waals surface area contributed by atoms with Crippen LogP contribution in [0.1, 0.15) is 24.2 Å². The molecule has 6 heteroatoms. The fraction of sp³-hybridized carbons (Fsp3) is 0.438. The van der Waals surface area contributed by atoms with Gasteiger partial charge in [-0.2, -0.15) is 0 Å². The van der Waals surface area contributed by atoms with E-state index in [1.165, 1.54) is 12.0 Å². The first-order valence-corrected chi connectivity index (χ1v) is 7.05. The molecule has 0 aromatic heterocycles. The van der Waals surface area contributed by atoms with Crippen LogP contribution in [0.25, 0.3) is 0 Å². The molecule has 0 heterocycles. The van der Waals surface area contributed by atoms with E-state index in [1.807, 2.05) is 6.07 Å². The van der Waals surface area contributed by atoms with Gasteiger partial charge in [-0.3, -0.25) is 14.4 Å². The van der Waals surface area contributed by atoms with E-state index in [0.29, 0.717) is 5.56 Å². The molecule has 2 atom stereocenters. The monoisotopic (exact) mass is 306 g/mol. The Balaban J connectivity index is 2.57. The van der Waals surface area contributed by atoms with E-state index in [2.05, 4.69) is 10.1 Å². The molecule has 1 rings (SSSR count). The van der Waals surface area contributed by atoms with Gasteiger partial charge in [-0.25, -0.2) is 0 Å². The molecule has 1 aromatic rings. The highest BCUT2D eigenvalue weighted by molar-refractivity contribution is 5.97. The third kappa shape index (κ3) is 4.87. The van der Waals surface area contributed by atoms with E-state index in [-0.39, 0.29) is 24.3 Å². The molecule has 0 bridgehead atoms. The molecule has 1 aromatic carbocycles. The second-order valence-corrected chi connectivity index (χ2v) is 5.20. The zero-order chi connectivity index (χ0) is 16.7. The van der Waals surface area contributed by atoms with Gasteiger partial charge in [-0.15, -0.1) is 0 Å². The smallest absolute Gasteiger partial charge is 0.310 e. The van der Waals surface area contributed by atoms with Crippen molar-refractivity contribution in [2.45, 2.75) is 19.9 Å². The molecule has 6 nitrogen and oxygen atoms in total. The molecule has 0 spiro atoms. The van der Waals surface area contributed by atoms with Crippen molar-refractivity contribution in [3.63, 3.8) is 0 Å². The minimum absolute atomic E-state index is 0.233. The maximum atomic E-state index is 12.2. The summed E-state index contributed by atoms with van der Waals surface area (Å²) in [6.07, 6.45) is 0. The number of benzene rings is 1. The highest BCUT2D eigenvalue weighted by Crippen LogP contribution is 2.04. The predicted molar refractivity (Wildman–Crippen MR) is 82.2 cm³/mol. The van der Waals surface area contributed by atoms with Crippen molar-refractivity contribution in [3.8, 4) is 0 Å². The molecule has 0 saturated heterocycles. The van der Waals surface area contributed by atoms with Gasteiger partial charge in [0.1, 0.15) is 6.04 Å². The molecular formula is C16H22N2O4. The number of carbonyl (C=O) groups is 3. The van der Waals surface area contributed by atoms with Crippen LogP contribution in [0.4, 0.5) is 0 Å². The number of ether oxygens (including phenoxy) is 1. The largest absolute Gasteiger partial charge is 0.469 e. The topological polar surface area (TPSA) is 75.7 Å². The molecule has 0 saturated carbocycles. The van der Waals surface area contributed by atoms with Crippen molar-refractivity contribution in [3.05, 3.63) is 35.9 Å². The van der Waals surface area contributed by atoms with Crippen molar-refractivity contribution in [1.82, 2.24) is 10.2 Å². The van der Waals surface area contributed by atoms with Gasteiger partial charge in [-0.05, 0) is 19.1 Å². The summed E-state index contributed by atoms with van der Waals surface area (Å²) in [5.74, 6) is -1.37. The van der Waals surface area contributed by atoms with Crippen LogP contribution in [-0.2, 0) is 14.3 Å². The summed E-state index contributed by atoms with van der Waals surface area (Å²) in [6.45, 7) is 3.53. The fourth-order valence-corrected chi connectivity index (χ4v) is 2.04. The number of rotatable bonds is 6. The molecular weight excluding hydrogens is 284 g/mol. The fourth-order valence-electron chi connectivity index (χ4n) is 2.04. The number of likely N-dealkylation sites (N-methyl/N-ethyl adjacent to an activating group) is 1. The van der Waals surface area contributed by atoms with Gasteiger partial charge in [0.25, 0.3) is 5.91 Å². The van der Waals surface area contributed by atoms with Crippen LogP contribution in [0.3, 0.4) is 0 Å². The summed E-state index contributed by atoms with van der Waals surface area (Å²) in [4.78, 5) is 37.0. The van der Waals surface area contributed by atoms with Crippen LogP contribution in [0, 0.1) is 5.92 Å². The van der Waals surface area contributed by atoms with Crippen molar-refractivity contribution >= 4 is 17.8 Å². The van der Waals surface area contributed by atoms with Gasteiger partial charge in [-0.1, -0.05) is 25.1 Å². The molecule has 0 radical (unpaired) electrons. The number of nitrogens with one attached hydrogen (secondary N) is 1. The molecule has 0 aliphatic heterocycles. The van der Waals surface area contributed by atoms with Crippen LogP contribution < -0.4 is 5.32 Å². The van der Waals surface area contributed by atoms with Gasteiger partial charge >= 0.3 is 5.97 Å². The molecule has 0 aliphatic rings. The first-order chi connectivity index (χ1) is 10.4. The first kappa shape index (κ1) is 17.7. The van der Waals surface area contributed by atoms with E-state index in [0.717, 1.165) is 0 Å². The second kappa shape index (κ2) is 8.17. The first-order valence-electron chi connectivity index (χ1n) is 7.05. The van der Waals surface area contributed by atoms with E-state index >= 15 is 0 Å². The standard InChI is InChI=1S/C16H22N2O4/c1-11(16(21)22-4)10-18(3)15(20)12(2)17-14(19)13-8-6-5-7-9-13/h5-9,11-12H,10H2,1-4H3,(H,17,19). The van der Waals surface area contributed by atoms with Gasteiger partial charge in [0.15, 0.2) is 0 Å². The number of nitrogens with zero attached hydrogens (tertiary/aromatic N) is 1. The van der Waals surface area contributed by atoms with E-state index in [9.17, 15) is 14.4 Å². The minimum atomic E-state index is -0.678. The van der Waals surface area contributed by atoms with E-state index in [4.69, 9.17) is 0 Å². The number of carbonyl (C=O) groups excluding carboxylic acids is 3. The maximum Gasteiger partial charge on any atom is 0.310 e. The number of amides is 2. The van der Waals surface area contributed by atoms with Gasteiger partial charge in [0, 0.05) is 19.2 Å². The Morgan fingerprint density at radius 3 is 2.32 bits per heavy atom. The molecule has 2 amide bonds. The molecule has 1 N–H and O–H groups in total. The average Bonchev–Trinajstić information content (AvgIpc) is 2.53. The summed E-state index contributed by atoms with van der Waals surface area (Å²) >= 11 is 0. The van der Waals surface area contributed by atoms with Crippen LogP contribution in [0.15, 0.2) is 30.3 Å². The lowest BCUT2D eigenvalue weighted by atomic mass is 10.1. The Bertz CT molecular complexity index is 530. The Morgan fingerprint density at radius 1 is 1.18 bits per heavy atom. The number of esters is 1. The normalized spacial score (nSPS) is 12.9. The molecule has 120 valence electrons. The van der Waals surface area contributed by atoms with Crippen LogP contribution in [0.2, 0.25) is 0 Å². The van der Waals surface area contributed by atoms with E-state index < -0.39 is 12.0 Å². The van der Waals surface area contributed by atoms with Gasteiger partial charge in [0.05, 0.1) is 13.0 Å². The quantitative estimate of drug-likeness (QED) is 0.798. The third-order valence-corrected chi connectivity index (χ3v) is 3.28. The predicted octanol–water partition coefficient (Wildman–Crippen LogP) is 1.07. The van der Waals surface area contributed by atoms with Crippen molar-refractivity contribution in [2.24, 2.45) is 5.92 Å². The lowest BCUT2D eigenvalue weighted by Gasteiger charge is -2.24. The second-order valence-electron chi connectivity index (χ2n) is 5.20. The van der Waals surface area contributed by atoms with Crippen molar-refractivity contribution in [1.29, 1.82) is 0 Å². The zero-order valence-corrected chi connectivity index (χ0v) is 13.3. The summed E-state index contributed by atoms with van der Waals surface area (Å²) in [7, 11) is 2.90. The summed E-state index contributed by atoms with van der Waals surface area (Å²) in [5, 5.41) is 2.65. The number of hydrogen-bond acceptors (Lipinski definition) is 4. The summed E-state index contributed by atoms with van der Waals surface area (Å²) in [6, 6.07) is 8.00. The molecule has 0 aliphatic carbocycles. The lowest BCUT2D eigenvalue weighted by molar-refractivity contribution is -0.146. The summed E-state index contributed by atoms with van der Waals surface area (Å²) < 4.78 is 4.63. The Labute approximate surface area is 130 Å². The molecule has 22 heavy (non-hydrogen) atoms. The van der Waals surface area contributed by atoms with Gasteiger partial charge in [0.2, 0.25) is 5.91 Å². The van der Waals surface area contributed by atoms with Crippen LogP contribution >= 0.6 is 0 Å². The van der Waals surface area contributed by atoms with Gasteiger partial charge < -0.3 is 15.0 Å². The lowest BCUT2D eigenvalue weighted by Crippen LogP contribution is -2.47. The van der Waals surface area contributed by atoms with Crippen LogP contribution in [-0.4, -0.2) is 49.4 Å².